The first kappa shape index (κ1) is 16.9. The van der Waals surface area contributed by atoms with E-state index in [9.17, 15) is 9.18 Å². The van der Waals surface area contributed by atoms with Crippen molar-refractivity contribution in [3.8, 4) is 0 Å². The standard InChI is InChI=1S/C21H23FN2O2/c1-13-19(15-7-8-15)23-18-10-9-16(22)11-17(18)20(13)24-21(25)26-12-14-5-3-2-4-6-14/h2-6,9-11,13,15,19-20,23H,7-8,12H2,1H3,(H,24,25)/t13-,19+,20+/m0/s1. The van der Waals surface area contributed by atoms with Gasteiger partial charge in [-0.3, -0.25) is 0 Å². The molecule has 2 aliphatic rings. The Labute approximate surface area is 152 Å². The van der Waals surface area contributed by atoms with Gasteiger partial charge in [-0.1, -0.05) is 37.3 Å². The van der Waals surface area contributed by atoms with Crippen LogP contribution in [0.15, 0.2) is 48.5 Å². The lowest BCUT2D eigenvalue weighted by atomic mass is 9.81. The summed E-state index contributed by atoms with van der Waals surface area (Å²) in [4.78, 5) is 12.4. The quantitative estimate of drug-likeness (QED) is 0.841. The highest BCUT2D eigenvalue weighted by molar-refractivity contribution is 5.69. The number of anilines is 1. The first-order valence-electron chi connectivity index (χ1n) is 9.15. The monoisotopic (exact) mass is 354 g/mol. The van der Waals surface area contributed by atoms with Crippen LogP contribution in [0.25, 0.3) is 0 Å². The maximum Gasteiger partial charge on any atom is 0.407 e. The molecule has 2 aromatic carbocycles. The van der Waals surface area contributed by atoms with Crippen molar-refractivity contribution in [2.45, 2.75) is 38.5 Å². The summed E-state index contributed by atoms with van der Waals surface area (Å²) in [5.74, 6) is 0.473. The van der Waals surface area contributed by atoms with E-state index in [4.69, 9.17) is 4.74 Å². The van der Waals surface area contributed by atoms with Crippen molar-refractivity contribution < 1.29 is 13.9 Å². The number of benzene rings is 2. The number of fused-ring (bicyclic) bond motifs is 1. The molecule has 1 saturated carbocycles. The molecule has 1 aliphatic carbocycles. The molecule has 2 N–H and O–H groups in total. The molecule has 1 fully saturated rings. The van der Waals surface area contributed by atoms with E-state index in [1.54, 1.807) is 6.07 Å². The van der Waals surface area contributed by atoms with Gasteiger partial charge < -0.3 is 15.4 Å². The van der Waals surface area contributed by atoms with Gasteiger partial charge in [-0.05, 0) is 42.5 Å². The molecule has 0 unspecified atom stereocenters. The number of nitrogens with one attached hydrogen (secondary N) is 2. The molecule has 0 radical (unpaired) electrons. The maximum absolute atomic E-state index is 13.8. The van der Waals surface area contributed by atoms with Gasteiger partial charge in [-0.15, -0.1) is 0 Å². The van der Waals surface area contributed by atoms with Crippen LogP contribution >= 0.6 is 0 Å². The Kier molecular flexibility index (Phi) is 4.53. The number of carbonyl (C=O) groups is 1. The van der Waals surface area contributed by atoms with E-state index in [0.717, 1.165) is 16.8 Å². The van der Waals surface area contributed by atoms with Gasteiger partial charge in [0.1, 0.15) is 12.4 Å². The van der Waals surface area contributed by atoms with Gasteiger partial charge in [0, 0.05) is 23.2 Å². The van der Waals surface area contributed by atoms with Crippen LogP contribution in [-0.2, 0) is 11.3 Å². The zero-order chi connectivity index (χ0) is 18.1. The van der Waals surface area contributed by atoms with Gasteiger partial charge in [-0.2, -0.15) is 0 Å². The van der Waals surface area contributed by atoms with Crippen molar-refractivity contribution in [3.05, 3.63) is 65.5 Å². The third-order valence-corrected chi connectivity index (χ3v) is 5.38. The van der Waals surface area contributed by atoms with Crippen molar-refractivity contribution >= 4 is 11.8 Å². The Hall–Kier alpha value is -2.56. The molecule has 0 aromatic heterocycles. The van der Waals surface area contributed by atoms with E-state index >= 15 is 0 Å². The molecular formula is C21H23FN2O2. The Morgan fingerprint density at radius 1 is 1.23 bits per heavy atom. The Balaban J connectivity index is 1.50. The van der Waals surface area contributed by atoms with Gasteiger partial charge in [0.15, 0.2) is 0 Å². The van der Waals surface area contributed by atoms with E-state index in [2.05, 4.69) is 17.6 Å². The van der Waals surface area contributed by atoms with Crippen LogP contribution in [0.4, 0.5) is 14.9 Å². The average molecular weight is 354 g/mol. The molecular weight excluding hydrogens is 331 g/mol. The number of rotatable bonds is 4. The molecule has 0 saturated heterocycles. The van der Waals surface area contributed by atoms with Gasteiger partial charge in [0.05, 0.1) is 6.04 Å². The van der Waals surface area contributed by atoms with E-state index in [1.165, 1.54) is 25.0 Å². The number of hydrogen-bond acceptors (Lipinski definition) is 3. The number of amides is 1. The van der Waals surface area contributed by atoms with Crippen LogP contribution in [-0.4, -0.2) is 12.1 Å². The fourth-order valence-electron chi connectivity index (χ4n) is 3.83. The minimum absolute atomic E-state index is 0.154. The molecule has 136 valence electrons. The van der Waals surface area contributed by atoms with Crippen LogP contribution in [0.3, 0.4) is 0 Å². The largest absolute Gasteiger partial charge is 0.445 e. The van der Waals surface area contributed by atoms with Gasteiger partial charge in [0.2, 0.25) is 0 Å². The summed E-state index contributed by atoms with van der Waals surface area (Å²) in [6.45, 7) is 2.32. The Morgan fingerprint density at radius 2 is 2.00 bits per heavy atom. The van der Waals surface area contributed by atoms with Crippen molar-refractivity contribution in [1.82, 2.24) is 5.32 Å². The molecule has 4 rings (SSSR count). The number of carbonyl (C=O) groups excluding carboxylic acids is 1. The maximum atomic E-state index is 13.8. The lowest BCUT2D eigenvalue weighted by Crippen LogP contribution is -2.45. The molecule has 1 amide bonds. The molecule has 5 heteroatoms. The molecule has 1 heterocycles. The highest BCUT2D eigenvalue weighted by atomic mass is 19.1. The first-order valence-corrected chi connectivity index (χ1v) is 9.15. The van der Waals surface area contributed by atoms with Crippen molar-refractivity contribution in [3.63, 3.8) is 0 Å². The first-order chi connectivity index (χ1) is 12.6. The predicted octanol–water partition coefficient (Wildman–Crippen LogP) is 4.63. The minimum atomic E-state index is -0.475. The van der Waals surface area contributed by atoms with Gasteiger partial charge >= 0.3 is 6.09 Å². The zero-order valence-electron chi connectivity index (χ0n) is 14.7. The van der Waals surface area contributed by atoms with Gasteiger partial charge in [-0.25, -0.2) is 9.18 Å². The Morgan fingerprint density at radius 3 is 2.73 bits per heavy atom. The zero-order valence-corrected chi connectivity index (χ0v) is 14.7. The summed E-state index contributed by atoms with van der Waals surface area (Å²) in [5.41, 5.74) is 2.61. The second-order valence-corrected chi connectivity index (χ2v) is 7.28. The average Bonchev–Trinajstić information content (AvgIpc) is 3.48. The predicted molar refractivity (Wildman–Crippen MR) is 98.2 cm³/mol. The summed E-state index contributed by atoms with van der Waals surface area (Å²) in [5, 5.41) is 6.51. The molecule has 0 bridgehead atoms. The lowest BCUT2D eigenvalue weighted by Gasteiger charge is -2.39. The van der Waals surface area contributed by atoms with Crippen LogP contribution in [0.2, 0.25) is 0 Å². The van der Waals surface area contributed by atoms with E-state index in [1.807, 2.05) is 30.3 Å². The molecule has 0 spiro atoms. The molecule has 2 aromatic rings. The normalized spacial score (nSPS) is 24.3. The topological polar surface area (TPSA) is 50.4 Å². The highest BCUT2D eigenvalue weighted by Gasteiger charge is 2.42. The fourth-order valence-corrected chi connectivity index (χ4v) is 3.83. The summed E-state index contributed by atoms with van der Waals surface area (Å²) >= 11 is 0. The lowest BCUT2D eigenvalue weighted by molar-refractivity contribution is 0.130. The van der Waals surface area contributed by atoms with Crippen LogP contribution < -0.4 is 10.6 Å². The summed E-state index contributed by atoms with van der Waals surface area (Å²) in [6.07, 6.45) is 1.92. The second kappa shape index (κ2) is 6.98. The molecule has 4 nitrogen and oxygen atoms in total. The third kappa shape index (κ3) is 3.52. The fraction of sp³-hybridized carbons (Fsp3) is 0.381. The third-order valence-electron chi connectivity index (χ3n) is 5.38. The van der Waals surface area contributed by atoms with Crippen molar-refractivity contribution in [1.29, 1.82) is 0 Å². The van der Waals surface area contributed by atoms with Crippen molar-refractivity contribution in [2.75, 3.05) is 5.32 Å². The summed E-state index contributed by atoms with van der Waals surface area (Å²) < 4.78 is 19.2. The van der Waals surface area contributed by atoms with Crippen molar-refractivity contribution in [2.24, 2.45) is 11.8 Å². The van der Waals surface area contributed by atoms with Gasteiger partial charge in [0.25, 0.3) is 0 Å². The number of halogens is 1. The Bertz CT molecular complexity index is 792. The molecule has 3 atom stereocenters. The number of alkyl carbamates (subject to hydrolysis) is 1. The van der Waals surface area contributed by atoms with Crippen LogP contribution in [0.5, 0.6) is 0 Å². The van der Waals surface area contributed by atoms with E-state index in [-0.39, 0.29) is 30.4 Å². The number of ether oxygens (including phenoxy) is 1. The SMILES string of the molecule is C[C@@H]1[C@@H](NC(=O)OCc2ccccc2)c2cc(F)ccc2N[C@H]1C1CC1. The summed E-state index contributed by atoms with van der Waals surface area (Å²) in [7, 11) is 0. The van der Waals surface area contributed by atoms with E-state index < -0.39 is 6.09 Å². The highest BCUT2D eigenvalue weighted by Crippen LogP contribution is 2.45. The summed E-state index contributed by atoms with van der Waals surface area (Å²) in [6, 6.07) is 14.3. The second-order valence-electron chi connectivity index (χ2n) is 7.28. The minimum Gasteiger partial charge on any atom is -0.445 e. The smallest absolute Gasteiger partial charge is 0.407 e. The van der Waals surface area contributed by atoms with Crippen LogP contribution in [0.1, 0.15) is 36.9 Å². The van der Waals surface area contributed by atoms with Crippen LogP contribution in [0, 0.1) is 17.7 Å². The number of hydrogen-bond donors (Lipinski definition) is 2. The molecule has 26 heavy (non-hydrogen) atoms. The van der Waals surface area contributed by atoms with E-state index in [0.29, 0.717) is 5.92 Å². The molecule has 1 aliphatic heterocycles.